The molecule has 2 unspecified atom stereocenters. The number of halogens is 3. The van der Waals surface area contributed by atoms with E-state index in [-0.39, 0.29) is 18.4 Å². The van der Waals surface area contributed by atoms with Gasteiger partial charge in [-0.25, -0.2) is 13.2 Å². The molecule has 0 bridgehead atoms. The van der Waals surface area contributed by atoms with E-state index in [1.807, 2.05) is 19.0 Å². The lowest BCUT2D eigenvalue weighted by atomic mass is 10.1. The summed E-state index contributed by atoms with van der Waals surface area (Å²) in [6.07, 6.45) is -0.484. The molecule has 0 saturated carbocycles. The van der Waals surface area contributed by atoms with Crippen molar-refractivity contribution in [3.8, 4) is 0 Å². The first-order valence-corrected chi connectivity index (χ1v) is 7.09. The molecule has 1 aromatic carbocycles. The molecule has 0 aliphatic carbocycles. The van der Waals surface area contributed by atoms with E-state index in [9.17, 15) is 18.0 Å². The number of amides is 1. The second-order valence-electron chi connectivity index (χ2n) is 5.77. The first kappa shape index (κ1) is 16.8. The fraction of sp³-hybridized carbons (Fsp3) is 0.533. The Kier molecular flexibility index (Phi) is 5.08. The Balaban J connectivity index is 1.95. The smallest absolute Gasteiger partial charge is 0.262 e. The van der Waals surface area contributed by atoms with Crippen LogP contribution in [0.4, 0.5) is 13.2 Å². The molecule has 22 heavy (non-hydrogen) atoms. The fourth-order valence-corrected chi connectivity index (χ4v) is 2.50. The summed E-state index contributed by atoms with van der Waals surface area (Å²) < 4.78 is 39.2. The van der Waals surface area contributed by atoms with Gasteiger partial charge in [-0.2, -0.15) is 0 Å². The number of hydrogen-bond acceptors (Lipinski definition) is 3. The number of carbonyl (C=O) groups excluding carboxylic acids is 1. The maximum Gasteiger partial charge on any atom is 0.262 e. The molecule has 0 aromatic heterocycles. The Morgan fingerprint density at radius 2 is 2.05 bits per heavy atom. The van der Waals surface area contributed by atoms with Gasteiger partial charge >= 0.3 is 0 Å². The van der Waals surface area contributed by atoms with Crippen molar-refractivity contribution >= 4 is 5.91 Å². The van der Waals surface area contributed by atoms with Crippen LogP contribution in [0.5, 0.6) is 0 Å². The zero-order chi connectivity index (χ0) is 16.3. The Morgan fingerprint density at radius 1 is 1.41 bits per heavy atom. The van der Waals surface area contributed by atoms with Crippen LogP contribution in [0, 0.1) is 5.82 Å². The minimum Gasteiger partial charge on any atom is -0.353 e. The predicted octanol–water partition coefficient (Wildman–Crippen LogP) is 1.54. The summed E-state index contributed by atoms with van der Waals surface area (Å²) in [5.74, 6) is -3.60. The molecule has 1 aliphatic rings. The van der Waals surface area contributed by atoms with Crippen LogP contribution in [0.15, 0.2) is 24.3 Å². The Bertz CT molecular complexity index is 519. The third-order valence-corrected chi connectivity index (χ3v) is 3.77. The lowest BCUT2D eigenvalue weighted by molar-refractivity contribution is -0.123. The second-order valence-corrected chi connectivity index (χ2v) is 5.77. The van der Waals surface area contributed by atoms with Crippen molar-refractivity contribution in [3.63, 3.8) is 0 Å². The molecule has 0 spiro atoms. The first-order valence-electron chi connectivity index (χ1n) is 7.09. The number of rotatable bonds is 5. The van der Waals surface area contributed by atoms with Crippen molar-refractivity contribution in [1.82, 2.24) is 15.5 Å². The standard InChI is InChI=1S/C15H20F3N3O/c1-21(2)13(10-3-5-11(16)6-4-10)8-19-14(22)12-7-15(17,18)9-20-12/h3-6,12-13,20H,7-9H2,1-2H3,(H,19,22). The lowest BCUT2D eigenvalue weighted by Gasteiger charge is -2.25. The summed E-state index contributed by atoms with van der Waals surface area (Å²) in [5.41, 5.74) is 0.844. The number of carbonyl (C=O) groups is 1. The summed E-state index contributed by atoms with van der Waals surface area (Å²) in [4.78, 5) is 13.8. The van der Waals surface area contributed by atoms with Crippen LogP contribution in [0.3, 0.4) is 0 Å². The molecular weight excluding hydrogens is 295 g/mol. The predicted molar refractivity (Wildman–Crippen MR) is 77.2 cm³/mol. The van der Waals surface area contributed by atoms with Crippen molar-refractivity contribution < 1.29 is 18.0 Å². The molecule has 4 nitrogen and oxygen atoms in total. The van der Waals surface area contributed by atoms with E-state index in [1.54, 1.807) is 12.1 Å². The normalized spacial score (nSPS) is 21.8. The van der Waals surface area contributed by atoms with E-state index in [4.69, 9.17) is 0 Å². The van der Waals surface area contributed by atoms with Gasteiger partial charge in [-0.1, -0.05) is 12.1 Å². The third kappa shape index (κ3) is 4.20. The monoisotopic (exact) mass is 315 g/mol. The van der Waals surface area contributed by atoms with Gasteiger partial charge in [-0.05, 0) is 31.8 Å². The minimum atomic E-state index is -2.83. The molecule has 1 fully saturated rings. The SMILES string of the molecule is CN(C)C(CNC(=O)C1CC(F)(F)CN1)c1ccc(F)cc1. The zero-order valence-electron chi connectivity index (χ0n) is 12.6. The third-order valence-electron chi connectivity index (χ3n) is 3.77. The molecule has 1 aromatic rings. The molecule has 122 valence electrons. The van der Waals surface area contributed by atoms with Crippen molar-refractivity contribution in [1.29, 1.82) is 0 Å². The number of hydrogen-bond donors (Lipinski definition) is 2. The summed E-state index contributed by atoms with van der Waals surface area (Å²) in [5, 5.41) is 5.21. The average Bonchev–Trinajstić information content (AvgIpc) is 2.81. The fourth-order valence-electron chi connectivity index (χ4n) is 2.50. The molecule has 1 amide bonds. The van der Waals surface area contributed by atoms with Crippen LogP contribution in [-0.2, 0) is 4.79 Å². The molecule has 1 saturated heterocycles. The van der Waals surface area contributed by atoms with Crippen LogP contribution in [0.1, 0.15) is 18.0 Å². The zero-order valence-corrected chi connectivity index (χ0v) is 12.6. The Hall–Kier alpha value is -1.60. The summed E-state index contributed by atoms with van der Waals surface area (Å²) in [6, 6.07) is 4.97. The van der Waals surface area contributed by atoms with E-state index in [0.717, 1.165) is 5.56 Å². The van der Waals surface area contributed by atoms with Gasteiger partial charge in [0.1, 0.15) is 5.82 Å². The van der Waals surface area contributed by atoms with Crippen LogP contribution in [-0.4, -0.2) is 50.0 Å². The number of alkyl halides is 2. The van der Waals surface area contributed by atoms with Crippen molar-refractivity contribution in [3.05, 3.63) is 35.6 Å². The molecule has 2 atom stereocenters. The number of benzene rings is 1. The van der Waals surface area contributed by atoms with Crippen LogP contribution >= 0.6 is 0 Å². The second kappa shape index (κ2) is 6.66. The highest BCUT2D eigenvalue weighted by Crippen LogP contribution is 2.25. The van der Waals surface area contributed by atoms with Gasteiger partial charge in [0.2, 0.25) is 5.91 Å². The van der Waals surface area contributed by atoms with Gasteiger partial charge in [0.15, 0.2) is 0 Å². The largest absolute Gasteiger partial charge is 0.353 e. The molecule has 1 heterocycles. The highest BCUT2D eigenvalue weighted by molar-refractivity contribution is 5.82. The molecule has 7 heteroatoms. The number of likely N-dealkylation sites (N-methyl/N-ethyl adjacent to an activating group) is 1. The van der Waals surface area contributed by atoms with E-state index >= 15 is 0 Å². The first-order chi connectivity index (χ1) is 10.3. The van der Waals surface area contributed by atoms with E-state index in [0.29, 0.717) is 0 Å². The topological polar surface area (TPSA) is 44.4 Å². The molecule has 2 rings (SSSR count). The highest BCUT2D eigenvalue weighted by atomic mass is 19.3. The van der Waals surface area contributed by atoms with Crippen LogP contribution < -0.4 is 10.6 Å². The van der Waals surface area contributed by atoms with Gasteiger partial charge in [0.05, 0.1) is 18.6 Å². The van der Waals surface area contributed by atoms with Gasteiger partial charge in [-0.15, -0.1) is 0 Å². The summed E-state index contributed by atoms with van der Waals surface area (Å²) >= 11 is 0. The van der Waals surface area contributed by atoms with Gasteiger partial charge in [0, 0.05) is 13.0 Å². The quantitative estimate of drug-likeness (QED) is 0.866. The minimum absolute atomic E-state index is 0.161. The van der Waals surface area contributed by atoms with Crippen LogP contribution in [0.2, 0.25) is 0 Å². The average molecular weight is 315 g/mol. The maximum atomic E-state index is 13.1. The summed E-state index contributed by atoms with van der Waals surface area (Å²) in [7, 11) is 3.67. The molecule has 1 aliphatic heterocycles. The highest BCUT2D eigenvalue weighted by Gasteiger charge is 2.42. The van der Waals surface area contributed by atoms with E-state index < -0.39 is 30.8 Å². The van der Waals surface area contributed by atoms with E-state index in [2.05, 4.69) is 10.6 Å². The maximum absolute atomic E-state index is 13.1. The lowest BCUT2D eigenvalue weighted by Crippen LogP contribution is -2.43. The van der Waals surface area contributed by atoms with Gasteiger partial charge in [0.25, 0.3) is 5.92 Å². The van der Waals surface area contributed by atoms with Crippen molar-refractivity contribution in [2.45, 2.75) is 24.4 Å². The number of nitrogens with one attached hydrogen (secondary N) is 2. The van der Waals surface area contributed by atoms with Crippen molar-refractivity contribution in [2.75, 3.05) is 27.2 Å². The summed E-state index contributed by atoms with van der Waals surface area (Å²) in [6.45, 7) is -0.207. The molecule has 0 radical (unpaired) electrons. The molecular formula is C15H20F3N3O. The van der Waals surface area contributed by atoms with Gasteiger partial charge < -0.3 is 10.2 Å². The Labute approximate surface area is 127 Å². The van der Waals surface area contributed by atoms with Gasteiger partial charge in [-0.3, -0.25) is 10.1 Å². The van der Waals surface area contributed by atoms with Crippen molar-refractivity contribution in [2.24, 2.45) is 0 Å². The number of nitrogens with zero attached hydrogens (tertiary/aromatic N) is 1. The van der Waals surface area contributed by atoms with E-state index in [1.165, 1.54) is 12.1 Å². The van der Waals surface area contributed by atoms with Crippen LogP contribution in [0.25, 0.3) is 0 Å². The molecule has 2 N–H and O–H groups in total. The Morgan fingerprint density at radius 3 is 2.55 bits per heavy atom.